The summed E-state index contributed by atoms with van der Waals surface area (Å²) in [6.07, 6.45) is 3.73. The average Bonchev–Trinajstić information content (AvgIpc) is 3.65. The van der Waals surface area contributed by atoms with Crippen molar-refractivity contribution in [2.24, 2.45) is 0 Å². The number of hydrogen-bond acceptors (Lipinski definition) is 4. The lowest BCUT2D eigenvalue weighted by Gasteiger charge is -2.26. The van der Waals surface area contributed by atoms with Gasteiger partial charge in [-0.1, -0.05) is 78.3 Å². The molecule has 0 fully saturated rings. The van der Waals surface area contributed by atoms with Gasteiger partial charge in [-0.25, -0.2) is 4.98 Å². The molecule has 1 aliphatic rings. The van der Waals surface area contributed by atoms with Gasteiger partial charge < -0.3 is 18.9 Å². The second-order valence-electron chi connectivity index (χ2n) is 10.5. The zero-order valence-electron chi connectivity index (χ0n) is 23.7. The van der Waals surface area contributed by atoms with E-state index in [9.17, 15) is 4.79 Å². The highest BCUT2D eigenvalue weighted by Gasteiger charge is 2.29. The van der Waals surface area contributed by atoms with Gasteiger partial charge in [0.15, 0.2) is 0 Å². The molecule has 212 valence electrons. The summed E-state index contributed by atoms with van der Waals surface area (Å²) in [5.41, 5.74) is 6.12. The standard InChI is InChI=1S/C35H32ClN3O3/c1-41-31-15-12-24(13-16-31)22-38(35(40)32-20-28(36)14-17-33(32)42-2)23-30-21-37-34(25-8-4-3-5-9-25)39(30)29-18-26-10-6-7-11-27(26)19-29/h3-17,20-21,29H,18-19,22-23H2,1-2H3. The Hall–Kier alpha value is -4.55. The number of rotatable bonds is 9. The van der Waals surface area contributed by atoms with Gasteiger partial charge in [-0.2, -0.15) is 0 Å². The van der Waals surface area contributed by atoms with Crippen molar-refractivity contribution in [2.45, 2.75) is 32.0 Å². The minimum atomic E-state index is -0.172. The third-order valence-corrected chi connectivity index (χ3v) is 8.10. The van der Waals surface area contributed by atoms with Gasteiger partial charge in [0.25, 0.3) is 5.91 Å². The lowest BCUT2D eigenvalue weighted by Crippen LogP contribution is -2.32. The zero-order valence-corrected chi connectivity index (χ0v) is 24.4. The number of fused-ring (bicyclic) bond motifs is 1. The van der Waals surface area contributed by atoms with Gasteiger partial charge in [-0.15, -0.1) is 0 Å². The highest BCUT2D eigenvalue weighted by molar-refractivity contribution is 6.31. The van der Waals surface area contributed by atoms with Gasteiger partial charge in [0, 0.05) is 23.2 Å². The van der Waals surface area contributed by atoms with Crippen LogP contribution in [0.15, 0.2) is 103 Å². The number of amides is 1. The van der Waals surface area contributed by atoms with Crippen LogP contribution in [-0.4, -0.2) is 34.6 Å². The Labute approximate surface area is 251 Å². The number of aromatic nitrogens is 2. The Morgan fingerprint density at radius 3 is 2.24 bits per heavy atom. The molecule has 0 aliphatic heterocycles. The molecule has 0 radical (unpaired) electrons. The summed E-state index contributed by atoms with van der Waals surface area (Å²) >= 11 is 6.35. The molecule has 0 N–H and O–H groups in total. The molecule has 0 bridgehead atoms. The molecule has 0 unspecified atom stereocenters. The monoisotopic (exact) mass is 577 g/mol. The largest absolute Gasteiger partial charge is 0.497 e. The quantitative estimate of drug-likeness (QED) is 0.183. The highest BCUT2D eigenvalue weighted by atomic mass is 35.5. The Bertz CT molecular complexity index is 1670. The molecule has 6 nitrogen and oxygen atoms in total. The molecular formula is C35H32ClN3O3. The summed E-state index contributed by atoms with van der Waals surface area (Å²) in [5.74, 6) is 1.97. The number of nitrogens with zero attached hydrogens (tertiary/aromatic N) is 3. The average molecular weight is 578 g/mol. The van der Waals surface area contributed by atoms with Crippen molar-refractivity contribution >= 4 is 17.5 Å². The topological polar surface area (TPSA) is 56.6 Å². The summed E-state index contributed by atoms with van der Waals surface area (Å²) in [4.78, 5) is 21.0. The molecule has 0 spiro atoms. The number of hydrogen-bond donors (Lipinski definition) is 0. The predicted octanol–water partition coefficient (Wildman–Crippen LogP) is 7.40. The van der Waals surface area contributed by atoms with Crippen LogP contribution in [0.5, 0.6) is 11.5 Å². The van der Waals surface area contributed by atoms with Gasteiger partial charge in [0.2, 0.25) is 0 Å². The Morgan fingerprint density at radius 2 is 1.57 bits per heavy atom. The summed E-state index contributed by atoms with van der Waals surface area (Å²) in [5, 5.41) is 0.476. The minimum Gasteiger partial charge on any atom is -0.497 e. The maximum absolute atomic E-state index is 14.2. The van der Waals surface area contributed by atoms with Gasteiger partial charge in [0.05, 0.1) is 38.2 Å². The van der Waals surface area contributed by atoms with Crippen molar-refractivity contribution in [1.82, 2.24) is 14.5 Å². The van der Waals surface area contributed by atoms with Gasteiger partial charge in [0.1, 0.15) is 17.3 Å². The smallest absolute Gasteiger partial charge is 0.258 e. The fourth-order valence-corrected chi connectivity index (χ4v) is 5.98. The van der Waals surface area contributed by atoms with Crippen LogP contribution in [0.2, 0.25) is 5.02 Å². The first-order chi connectivity index (χ1) is 20.5. The molecule has 7 heteroatoms. The van der Waals surface area contributed by atoms with Crippen LogP contribution in [0.3, 0.4) is 0 Å². The second-order valence-corrected chi connectivity index (χ2v) is 10.9. The number of methoxy groups -OCH3 is 2. The van der Waals surface area contributed by atoms with E-state index in [1.54, 1.807) is 32.4 Å². The first kappa shape index (κ1) is 27.6. The molecule has 4 aromatic carbocycles. The maximum atomic E-state index is 14.2. The van der Waals surface area contributed by atoms with E-state index in [0.717, 1.165) is 41.2 Å². The van der Waals surface area contributed by atoms with Gasteiger partial charge in [-0.3, -0.25) is 4.79 Å². The van der Waals surface area contributed by atoms with Crippen molar-refractivity contribution in [1.29, 1.82) is 0 Å². The summed E-state index contributed by atoms with van der Waals surface area (Å²) in [7, 11) is 3.20. The second kappa shape index (κ2) is 12.1. The summed E-state index contributed by atoms with van der Waals surface area (Å²) < 4.78 is 13.2. The lowest BCUT2D eigenvalue weighted by molar-refractivity contribution is 0.0721. The molecule has 42 heavy (non-hydrogen) atoms. The Morgan fingerprint density at radius 1 is 0.881 bits per heavy atom. The van der Waals surface area contributed by atoms with Crippen LogP contribution in [-0.2, 0) is 25.9 Å². The number of benzene rings is 4. The molecule has 1 aliphatic carbocycles. The maximum Gasteiger partial charge on any atom is 0.258 e. The van der Waals surface area contributed by atoms with Crippen LogP contribution < -0.4 is 9.47 Å². The molecule has 0 atom stereocenters. The van der Waals surface area contributed by atoms with Crippen molar-refractivity contribution in [3.8, 4) is 22.9 Å². The van der Waals surface area contributed by atoms with Crippen LogP contribution in [0, 0.1) is 0 Å². The molecule has 1 aromatic heterocycles. The highest BCUT2D eigenvalue weighted by Crippen LogP contribution is 2.35. The van der Waals surface area contributed by atoms with Crippen molar-refractivity contribution < 1.29 is 14.3 Å². The zero-order chi connectivity index (χ0) is 29.1. The van der Waals surface area contributed by atoms with Crippen LogP contribution in [0.4, 0.5) is 0 Å². The number of carbonyl (C=O) groups excluding carboxylic acids is 1. The Balaban J connectivity index is 1.41. The number of carbonyl (C=O) groups is 1. The van der Waals surface area contributed by atoms with Crippen LogP contribution in [0.1, 0.15) is 38.8 Å². The molecular weight excluding hydrogens is 546 g/mol. The van der Waals surface area contributed by atoms with Crippen LogP contribution in [0.25, 0.3) is 11.4 Å². The number of imidazole rings is 1. The molecule has 5 aromatic rings. The molecule has 1 amide bonds. The lowest BCUT2D eigenvalue weighted by atomic mass is 10.1. The minimum absolute atomic E-state index is 0.172. The van der Waals surface area contributed by atoms with E-state index in [2.05, 4.69) is 41.0 Å². The van der Waals surface area contributed by atoms with Crippen molar-refractivity contribution in [2.75, 3.05) is 14.2 Å². The summed E-state index contributed by atoms with van der Waals surface area (Å²) in [6, 6.07) is 31.9. The van der Waals surface area contributed by atoms with E-state index in [1.165, 1.54) is 11.1 Å². The number of halogens is 1. The third kappa shape index (κ3) is 5.63. The van der Waals surface area contributed by atoms with E-state index in [1.807, 2.05) is 53.6 Å². The predicted molar refractivity (Wildman–Crippen MR) is 165 cm³/mol. The van der Waals surface area contributed by atoms with E-state index < -0.39 is 0 Å². The normalized spacial score (nSPS) is 12.6. The SMILES string of the molecule is COc1ccc(CN(Cc2cnc(-c3ccccc3)n2C2Cc3ccccc3C2)C(=O)c2cc(Cl)ccc2OC)cc1. The third-order valence-electron chi connectivity index (χ3n) is 7.86. The van der Waals surface area contributed by atoms with Crippen molar-refractivity contribution in [3.05, 3.63) is 136 Å². The van der Waals surface area contributed by atoms with E-state index in [4.69, 9.17) is 26.1 Å². The molecule has 1 heterocycles. The van der Waals surface area contributed by atoms with E-state index in [0.29, 0.717) is 29.4 Å². The first-order valence-electron chi connectivity index (χ1n) is 14.0. The summed E-state index contributed by atoms with van der Waals surface area (Å²) in [6.45, 7) is 0.739. The molecule has 0 saturated carbocycles. The van der Waals surface area contributed by atoms with E-state index >= 15 is 0 Å². The molecule has 6 rings (SSSR count). The Kier molecular flexibility index (Phi) is 7.97. The fraction of sp³-hybridized carbons (Fsp3) is 0.200. The van der Waals surface area contributed by atoms with Crippen LogP contribution >= 0.6 is 11.6 Å². The molecule has 0 saturated heterocycles. The van der Waals surface area contributed by atoms with E-state index in [-0.39, 0.29) is 11.9 Å². The van der Waals surface area contributed by atoms with Gasteiger partial charge >= 0.3 is 0 Å². The first-order valence-corrected chi connectivity index (χ1v) is 14.4. The van der Waals surface area contributed by atoms with Crippen molar-refractivity contribution in [3.63, 3.8) is 0 Å². The fourth-order valence-electron chi connectivity index (χ4n) is 5.80. The van der Waals surface area contributed by atoms with Gasteiger partial charge in [-0.05, 0) is 59.9 Å². The number of ether oxygens (including phenoxy) is 2.